The standard InChI is InChI=1S/C17H25FN2O2/c1-13(14-5-3-6-15(18)11-14)20-9-4-7-16(8-10-20)19(2)12-17(21)22/h3,5-6,11,13,16H,4,7-10,12H2,1-2H3,(H,21,22). The highest BCUT2D eigenvalue weighted by molar-refractivity contribution is 5.69. The molecule has 1 aromatic rings. The quantitative estimate of drug-likeness (QED) is 0.908. The van der Waals surface area contributed by atoms with Gasteiger partial charge in [0.25, 0.3) is 0 Å². The molecule has 4 nitrogen and oxygen atoms in total. The van der Waals surface area contributed by atoms with Gasteiger partial charge in [-0.1, -0.05) is 12.1 Å². The van der Waals surface area contributed by atoms with Gasteiger partial charge in [0.15, 0.2) is 0 Å². The molecule has 1 aliphatic heterocycles. The van der Waals surface area contributed by atoms with Crippen molar-refractivity contribution >= 4 is 5.97 Å². The number of carbonyl (C=O) groups is 1. The van der Waals surface area contributed by atoms with Gasteiger partial charge in [0.2, 0.25) is 0 Å². The molecule has 0 amide bonds. The van der Waals surface area contributed by atoms with Crippen molar-refractivity contribution in [2.45, 2.75) is 38.3 Å². The average molecular weight is 308 g/mol. The lowest BCUT2D eigenvalue weighted by atomic mass is 10.1. The topological polar surface area (TPSA) is 43.8 Å². The SMILES string of the molecule is CC(c1cccc(F)c1)N1CCCC(N(C)CC(=O)O)CC1. The number of likely N-dealkylation sites (tertiary alicyclic amines) is 1. The second kappa shape index (κ2) is 7.70. The summed E-state index contributed by atoms with van der Waals surface area (Å²) in [6.45, 7) is 4.07. The zero-order valence-corrected chi connectivity index (χ0v) is 13.3. The lowest BCUT2D eigenvalue weighted by Gasteiger charge is -2.29. The number of aliphatic carboxylic acids is 1. The van der Waals surface area contributed by atoms with Crippen molar-refractivity contribution in [3.8, 4) is 0 Å². The van der Waals surface area contributed by atoms with E-state index in [2.05, 4.69) is 11.8 Å². The average Bonchev–Trinajstić information content (AvgIpc) is 2.71. The third-order valence-corrected chi connectivity index (χ3v) is 4.62. The number of hydrogen-bond acceptors (Lipinski definition) is 3. The fourth-order valence-electron chi connectivity index (χ4n) is 3.25. The van der Waals surface area contributed by atoms with Gasteiger partial charge in [0, 0.05) is 18.6 Å². The summed E-state index contributed by atoms with van der Waals surface area (Å²) in [6.07, 6.45) is 2.99. The highest BCUT2D eigenvalue weighted by Crippen LogP contribution is 2.25. The van der Waals surface area contributed by atoms with Crippen molar-refractivity contribution in [2.75, 3.05) is 26.7 Å². The van der Waals surface area contributed by atoms with E-state index in [1.165, 1.54) is 6.07 Å². The fraction of sp³-hybridized carbons (Fsp3) is 0.588. The molecule has 22 heavy (non-hydrogen) atoms. The summed E-state index contributed by atoms with van der Waals surface area (Å²) in [4.78, 5) is 15.1. The van der Waals surface area contributed by atoms with Crippen LogP contribution in [0.2, 0.25) is 0 Å². The summed E-state index contributed by atoms with van der Waals surface area (Å²) in [5.41, 5.74) is 0.998. The maximum atomic E-state index is 13.4. The number of benzene rings is 1. The lowest BCUT2D eigenvalue weighted by Crippen LogP contribution is -2.36. The molecule has 0 saturated carbocycles. The first-order chi connectivity index (χ1) is 10.5. The van der Waals surface area contributed by atoms with E-state index in [9.17, 15) is 9.18 Å². The molecule has 1 N–H and O–H groups in total. The number of halogens is 1. The predicted octanol–water partition coefficient (Wildman–Crippen LogP) is 2.76. The van der Waals surface area contributed by atoms with Gasteiger partial charge in [-0.15, -0.1) is 0 Å². The van der Waals surface area contributed by atoms with Crippen molar-refractivity contribution in [1.82, 2.24) is 9.80 Å². The van der Waals surface area contributed by atoms with Gasteiger partial charge in [-0.2, -0.15) is 0 Å². The summed E-state index contributed by atoms with van der Waals surface area (Å²) in [7, 11) is 1.88. The fourth-order valence-corrected chi connectivity index (χ4v) is 3.25. The first kappa shape index (κ1) is 16.9. The Morgan fingerprint density at radius 2 is 2.23 bits per heavy atom. The molecule has 5 heteroatoms. The Morgan fingerprint density at radius 3 is 2.91 bits per heavy atom. The van der Waals surface area contributed by atoms with E-state index in [4.69, 9.17) is 5.11 Å². The normalized spacial score (nSPS) is 21.5. The molecule has 2 unspecified atom stereocenters. The summed E-state index contributed by atoms with van der Waals surface area (Å²) in [6, 6.07) is 7.27. The number of nitrogens with zero attached hydrogens (tertiary/aromatic N) is 2. The van der Waals surface area contributed by atoms with Crippen molar-refractivity contribution in [1.29, 1.82) is 0 Å². The highest BCUT2D eigenvalue weighted by atomic mass is 19.1. The van der Waals surface area contributed by atoms with Crippen LogP contribution in [0.5, 0.6) is 0 Å². The molecule has 0 radical (unpaired) electrons. The largest absolute Gasteiger partial charge is 0.480 e. The van der Waals surface area contributed by atoms with Gasteiger partial charge in [-0.3, -0.25) is 14.6 Å². The minimum Gasteiger partial charge on any atom is -0.480 e. The number of likely N-dealkylation sites (N-methyl/N-ethyl adjacent to an activating group) is 1. The van der Waals surface area contributed by atoms with Gasteiger partial charge in [-0.05, 0) is 57.5 Å². The number of hydrogen-bond donors (Lipinski definition) is 1. The molecule has 1 fully saturated rings. The van der Waals surface area contributed by atoms with Crippen molar-refractivity contribution in [2.24, 2.45) is 0 Å². The maximum Gasteiger partial charge on any atom is 0.317 e. The molecule has 1 aliphatic rings. The van der Waals surface area contributed by atoms with Crippen molar-refractivity contribution in [3.05, 3.63) is 35.6 Å². The van der Waals surface area contributed by atoms with Gasteiger partial charge in [0.1, 0.15) is 5.82 Å². The van der Waals surface area contributed by atoms with Crippen LogP contribution in [-0.2, 0) is 4.79 Å². The zero-order chi connectivity index (χ0) is 16.1. The summed E-state index contributed by atoms with van der Waals surface area (Å²) in [5, 5.41) is 8.91. The third kappa shape index (κ3) is 4.52. The van der Waals surface area contributed by atoms with Gasteiger partial charge in [-0.25, -0.2) is 4.39 Å². The Bertz CT molecular complexity index is 509. The van der Waals surface area contributed by atoms with E-state index in [1.54, 1.807) is 12.1 Å². The third-order valence-electron chi connectivity index (χ3n) is 4.62. The van der Waals surface area contributed by atoms with E-state index in [-0.39, 0.29) is 18.4 Å². The maximum absolute atomic E-state index is 13.4. The minimum atomic E-state index is -0.781. The summed E-state index contributed by atoms with van der Waals surface area (Å²) < 4.78 is 13.4. The van der Waals surface area contributed by atoms with Crippen LogP contribution >= 0.6 is 0 Å². The lowest BCUT2D eigenvalue weighted by molar-refractivity contribution is -0.138. The zero-order valence-electron chi connectivity index (χ0n) is 13.3. The molecule has 0 aromatic heterocycles. The number of rotatable bonds is 5. The van der Waals surface area contributed by atoms with Gasteiger partial charge >= 0.3 is 5.97 Å². The predicted molar refractivity (Wildman–Crippen MR) is 84.3 cm³/mol. The molecule has 0 bridgehead atoms. The molecule has 2 rings (SSSR count). The van der Waals surface area contributed by atoms with Crippen LogP contribution in [0.4, 0.5) is 4.39 Å². The summed E-state index contributed by atoms with van der Waals surface area (Å²) >= 11 is 0. The van der Waals surface area contributed by atoms with Crippen LogP contribution < -0.4 is 0 Å². The second-order valence-corrected chi connectivity index (χ2v) is 6.16. The minimum absolute atomic E-state index is 0.0874. The van der Waals surface area contributed by atoms with E-state index >= 15 is 0 Å². The van der Waals surface area contributed by atoms with Gasteiger partial charge in [0.05, 0.1) is 6.54 Å². The van der Waals surface area contributed by atoms with Gasteiger partial charge < -0.3 is 5.11 Å². The Morgan fingerprint density at radius 1 is 1.45 bits per heavy atom. The summed E-state index contributed by atoms with van der Waals surface area (Å²) in [5.74, 6) is -0.977. The van der Waals surface area contributed by atoms with Crippen molar-refractivity contribution < 1.29 is 14.3 Å². The molecule has 2 atom stereocenters. The van der Waals surface area contributed by atoms with E-state index < -0.39 is 5.97 Å². The smallest absolute Gasteiger partial charge is 0.317 e. The molecule has 1 aromatic carbocycles. The molecule has 1 heterocycles. The first-order valence-corrected chi connectivity index (χ1v) is 7.89. The Kier molecular flexibility index (Phi) is 5.91. The Labute approximate surface area is 131 Å². The van der Waals surface area contributed by atoms with Crippen LogP contribution in [-0.4, -0.2) is 53.6 Å². The van der Waals surface area contributed by atoms with E-state index in [0.29, 0.717) is 6.04 Å². The molecular formula is C17H25FN2O2. The molecular weight excluding hydrogens is 283 g/mol. The highest BCUT2D eigenvalue weighted by Gasteiger charge is 2.24. The van der Waals surface area contributed by atoms with Crippen LogP contribution in [0.15, 0.2) is 24.3 Å². The Hall–Kier alpha value is -1.46. The second-order valence-electron chi connectivity index (χ2n) is 6.16. The van der Waals surface area contributed by atoms with Crippen LogP contribution in [0, 0.1) is 5.82 Å². The number of carboxylic acid groups (broad SMARTS) is 1. The number of carboxylic acids is 1. The van der Waals surface area contributed by atoms with E-state index in [1.807, 2.05) is 18.0 Å². The first-order valence-electron chi connectivity index (χ1n) is 7.89. The Balaban J connectivity index is 1.96. The van der Waals surface area contributed by atoms with Crippen LogP contribution in [0.1, 0.15) is 37.8 Å². The molecule has 0 aliphatic carbocycles. The van der Waals surface area contributed by atoms with Crippen LogP contribution in [0.25, 0.3) is 0 Å². The molecule has 122 valence electrons. The van der Waals surface area contributed by atoms with Crippen molar-refractivity contribution in [3.63, 3.8) is 0 Å². The molecule has 1 saturated heterocycles. The van der Waals surface area contributed by atoms with E-state index in [0.717, 1.165) is 37.9 Å². The molecule has 0 spiro atoms. The monoisotopic (exact) mass is 308 g/mol. The van der Waals surface area contributed by atoms with Crippen LogP contribution in [0.3, 0.4) is 0 Å².